The second-order valence-electron chi connectivity index (χ2n) is 5.67. The van der Waals surface area contributed by atoms with Crippen molar-refractivity contribution in [2.24, 2.45) is 11.8 Å². The third-order valence-corrected chi connectivity index (χ3v) is 3.92. The van der Waals surface area contributed by atoms with E-state index in [4.69, 9.17) is 14.2 Å². The molecule has 0 bridgehead atoms. The monoisotopic (exact) mass is 306 g/mol. The highest BCUT2D eigenvalue weighted by molar-refractivity contribution is 4.62. The van der Waals surface area contributed by atoms with Crippen LogP contribution < -0.4 is 0 Å². The molecule has 0 aliphatic rings. The van der Waals surface area contributed by atoms with Crippen LogP contribution in [0.25, 0.3) is 0 Å². The van der Waals surface area contributed by atoms with Gasteiger partial charge in [-0.1, -0.05) is 40.5 Å². The van der Waals surface area contributed by atoms with E-state index in [1.165, 1.54) is 0 Å². The standard InChI is InChI=1S/C16H34O5/c1-5-13(3)15(17)11-20-9-7-19-8-10-21-12-16(18)14(4)6-2/h13-18H,5-12H2,1-4H3. The van der Waals surface area contributed by atoms with E-state index >= 15 is 0 Å². The summed E-state index contributed by atoms with van der Waals surface area (Å²) < 4.78 is 16.1. The lowest BCUT2D eigenvalue weighted by Crippen LogP contribution is -2.25. The molecule has 2 N–H and O–H groups in total. The van der Waals surface area contributed by atoms with Gasteiger partial charge in [-0.3, -0.25) is 0 Å². The van der Waals surface area contributed by atoms with Gasteiger partial charge in [0.05, 0.1) is 51.8 Å². The lowest BCUT2D eigenvalue weighted by Gasteiger charge is -2.17. The van der Waals surface area contributed by atoms with Crippen molar-refractivity contribution >= 4 is 0 Å². The Morgan fingerprint density at radius 1 is 0.667 bits per heavy atom. The predicted molar refractivity (Wildman–Crippen MR) is 83.4 cm³/mol. The highest BCUT2D eigenvalue weighted by Gasteiger charge is 2.12. The molecule has 0 aromatic heterocycles. The van der Waals surface area contributed by atoms with Crippen molar-refractivity contribution in [3.63, 3.8) is 0 Å². The first-order chi connectivity index (χ1) is 10.0. The van der Waals surface area contributed by atoms with Gasteiger partial charge in [0.1, 0.15) is 0 Å². The van der Waals surface area contributed by atoms with Crippen LogP contribution in [0.4, 0.5) is 0 Å². The van der Waals surface area contributed by atoms with Crippen LogP contribution in [-0.4, -0.2) is 62.1 Å². The van der Waals surface area contributed by atoms with E-state index in [0.717, 1.165) is 12.8 Å². The zero-order chi connectivity index (χ0) is 16.1. The van der Waals surface area contributed by atoms with E-state index in [-0.39, 0.29) is 11.8 Å². The van der Waals surface area contributed by atoms with Crippen LogP contribution in [0, 0.1) is 11.8 Å². The van der Waals surface area contributed by atoms with E-state index in [2.05, 4.69) is 13.8 Å². The zero-order valence-electron chi connectivity index (χ0n) is 14.1. The van der Waals surface area contributed by atoms with Crippen LogP contribution in [0.5, 0.6) is 0 Å². The molecule has 0 aliphatic carbocycles. The number of hydrogen-bond donors (Lipinski definition) is 2. The van der Waals surface area contributed by atoms with Crippen molar-refractivity contribution in [1.82, 2.24) is 0 Å². The van der Waals surface area contributed by atoms with E-state index in [9.17, 15) is 10.2 Å². The number of hydrogen-bond acceptors (Lipinski definition) is 5. The molecule has 0 rings (SSSR count). The van der Waals surface area contributed by atoms with Crippen molar-refractivity contribution < 1.29 is 24.4 Å². The molecule has 0 aromatic rings. The van der Waals surface area contributed by atoms with Crippen LogP contribution in [0.15, 0.2) is 0 Å². The van der Waals surface area contributed by atoms with E-state index in [1.807, 2.05) is 13.8 Å². The second-order valence-corrected chi connectivity index (χ2v) is 5.67. The van der Waals surface area contributed by atoms with Gasteiger partial charge >= 0.3 is 0 Å². The maximum Gasteiger partial charge on any atom is 0.0799 e. The fourth-order valence-electron chi connectivity index (χ4n) is 1.62. The molecule has 5 heteroatoms. The number of aliphatic hydroxyl groups excluding tert-OH is 2. The average molecular weight is 306 g/mol. The van der Waals surface area contributed by atoms with Crippen molar-refractivity contribution in [1.29, 1.82) is 0 Å². The summed E-state index contributed by atoms with van der Waals surface area (Å²) in [5, 5.41) is 19.4. The molecule has 4 unspecified atom stereocenters. The molecule has 0 amide bonds. The van der Waals surface area contributed by atoms with Gasteiger partial charge in [-0.25, -0.2) is 0 Å². The summed E-state index contributed by atoms with van der Waals surface area (Å²) in [6.45, 7) is 10.8. The van der Waals surface area contributed by atoms with Gasteiger partial charge in [0.2, 0.25) is 0 Å². The Balaban J connectivity index is 3.30. The number of rotatable bonds is 14. The number of aliphatic hydroxyl groups is 2. The van der Waals surface area contributed by atoms with Gasteiger partial charge in [0.25, 0.3) is 0 Å². The first kappa shape index (κ1) is 20.8. The van der Waals surface area contributed by atoms with Gasteiger partial charge in [0.15, 0.2) is 0 Å². The SMILES string of the molecule is CCC(C)C(O)COCCOCCOCC(O)C(C)CC. The summed E-state index contributed by atoms with van der Waals surface area (Å²) in [5.74, 6) is 0.521. The lowest BCUT2D eigenvalue weighted by molar-refractivity contribution is -0.0355. The molecule has 5 nitrogen and oxygen atoms in total. The minimum Gasteiger partial charge on any atom is -0.390 e. The molecule has 21 heavy (non-hydrogen) atoms. The Morgan fingerprint density at radius 2 is 1.00 bits per heavy atom. The molecule has 0 spiro atoms. The smallest absolute Gasteiger partial charge is 0.0799 e. The van der Waals surface area contributed by atoms with Crippen molar-refractivity contribution in [2.75, 3.05) is 39.6 Å². The molecule has 0 saturated heterocycles. The van der Waals surface area contributed by atoms with Gasteiger partial charge in [0, 0.05) is 0 Å². The van der Waals surface area contributed by atoms with Crippen LogP contribution >= 0.6 is 0 Å². The molecule has 0 saturated carbocycles. The summed E-state index contributed by atoms with van der Waals surface area (Å²) in [4.78, 5) is 0. The van der Waals surface area contributed by atoms with Gasteiger partial charge < -0.3 is 24.4 Å². The molecule has 4 atom stereocenters. The van der Waals surface area contributed by atoms with Crippen molar-refractivity contribution in [2.45, 2.75) is 52.7 Å². The first-order valence-electron chi connectivity index (χ1n) is 8.12. The molecule has 128 valence electrons. The summed E-state index contributed by atoms with van der Waals surface area (Å²) in [6, 6.07) is 0. The molecule has 0 fully saturated rings. The third-order valence-electron chi connectivity index (χ3n) is 3.92. The highest BCUT2D eigenvalue weighted by Crippen LogP contribution is 2.08. The predicted octanol–water partition coefficient (Wildman–Crippen LogP) is 1.85. The molecule has 0 aromatic carbocycles. The summed E-state index contributed by atoms with van der Waals surface area (Å²) in [6.07, 6.45) is 1.09. The molecule has 0 heterocycles. The van der Waals surface area contributed by atoms with Crippen LogP contribution in [0.1, 0.15) is 40.5 Å². The minimum atomic E-state index is -0.402. The van der Waals surface area contributed by atoms with Gasteiger partial charge in [-0.05, 0) is 11.8 Å². The van der Waals surface area contributed by atoms with Crippen molar-refractivity contribution in [3.05, 3.63) is 0 Å². The largest absolute Gasteiger partial charge is 0.390 e. The van der Waals surface area contributed by atoms with Crippen LogP contribution in [0.2, 0.25) is 0 Å². The highest BCUT2D eigenvalue weighted by atomic mass is 16.5. The lowest BCUT2D eigenvalue weighted by atomic mass is 10.0. The first-order valence-corrected chi connectivity index (χ1v) is 8.12. The fourth-order valence-corrected chi connectivity index (χ4v) is 1.62. The molecular formula is C16H34O5. The Hall–Kier alpha value is -0.200. The maximum absolute atomic E-state index is 9.70. The Morgan fingerprint density at radius 3 is 1.33 bits per heavy atom. The normalized spacial score (nSPS) is 17.4. The summed E-state index contributed by atoms with van der Waals surface area (Å²) >= 11 is 0. The summed E-state index contributed by atoms with van der Waals surface area (Å²) in [7, 11) is 0. The molecule has 0 radical (unpaired) electrons. The van der Waals surface area contributed by atoms with E-state index in [1.54, 1.807) is 0 Å². The van der Waals surface area contributed by atoms with E-state index in [0.29, 0.717) is 39.6 Å². The molecule has 0 aliphatic heterocycles. The van der Waals surface area contributed by atoms with Gasteiger partial charge in [-0.15, -0.1) is 0 Å². The Labute approximate surface area is 129 Å². The quantitative estimate of drug-likeness (QED) is 0.479. The Kier molecular flexibility index (Phi) is 13.3. The molecular weight excluding hydrogens is 272 g/mol. The average Bonchev–Trinajstić information content (AvgIpc) is 2.50. The summed E-state index contributed by atoms with van der Waals surface area (Å²) in [5.41, 5.74) is 0. The van der Waals surface area contributed by atoms with Crippen molar-refractivity contribution in [3.8, 4) is 0 Å². The zero-order valence-corrected chi connectivity index (χ0v) is 14.1. The second kappa shape index (κ2) is 13.5. The van der Waals surface area contributed by atoms with E-state index < -0.39 is 12.2 Å². The maximum atomic E-state index is 9.70. The minimum absolute atomic E-state index is 0.260. The van der Waals surface area contributed by atoms with Gasteiger partial charge in [-0.2, -0.15) is 0 Å². The topological polar surface area (TPSA) is 68.2 Å². The van der Waals surface area contributed by atoms with Crippen LogP contribution in [-0.2, 0) is 14.2 Å². The number of ether oxygens (including phenoxy) is 3. The fraction of sp³-hybridized carbons (Fsp3) is 1.00. The Bertz CT molecular complexity index is 203. The van der Waals surface area contributed by atoms with Crippen LogP contribution in [0.3, 0.4) is 0 Å². The third kappa shape index (κ3) is 11.1.